The van der Waals surface area contributed by atoms with Crippen molar-refractivity contribution in [3.8, 4) is 0 Å². The van der Waals surface area contributed by atoms with Gasteiger partial charge in [-0.05, 0) is 36.6 Å². The number of esters is 1. The standard InChI is InChI=1S/C25H21N3O4/c1-2-32-25(31)20-13-27-22-19(23(20)29)8-7-16-11-18(12-26-21(16)22)24(30)28-10-9-15-5-3-4-6-17(15)14-28/h3-8,11-13,20H,2,9-10,14H2,1H3. The Labute approximate surface area is 184 Å². The monoisotopic (exact) mass is 427 g/mol. The maximum Gasteiger partial charge on any atom is 0.322 e. The molecule has 5 rings (SSSR count). The van der Waals surface area contributed by atoms with E-state index in [-0.39, 0.29) is 18.3 Å². The van der Waals surface area contributed by atoms with Crippen LogP contribution in [0, 0.1) is 5.92 Å². The van der Waals surface area contributed by atoms with Gasteiger partial charge in [-0.3, -0.25) is 24.4 Å². The third-order valence-corrected chi connectivity index (χ3v) is 5.93. The van der Waals surface area contributed by atoms with E-state index in [1.54, 1.807) is 25.1 Å². The minimum absolute atomic E-state index is 0.0754. The van der Waals surface area contributed by atoms with Crippen LogP contribution >= 0.6 is 0 Å². The maximum absolute atomic E-state index is 13.1. The minimum atomic E-state index is -1.04. The van der Waals surface area contributed by atoms with Crippen molar-refractivity contribution in [2.45, 2.75) is 19.9 Å². The van der Waals surface area contributed by atoms with E-state index >= 15 is 0 Å². The summed E-state index contributed by atoms with van der Waals surface area (Å²) in [6.45, 7) is 3.12. The Hall–Kier alpha value is -3.87. The fraction of sp³-hybridized carbons (Fsp3) is 0.240. The first-order valence-electron chi connectivity index (χ1n) is 10.6. The van der Waals surface area contributed by atoms with E-state index in [9.17, 15) is 14.4 Å². The number of pyridine rings is 1. The summed E-state index contributed by atoms with van der Waals surface area (Å²) in [5, 5.41) is 0.714. The SMILES string of the molecule is CCOC(=O)C1C=Nc2c(ccc3cc(C(=O)N4CCc5ccccc5C4)cnc23)C1=O. The molecule has 0 fully saturated rings. The Bertz CT molecular complexity index is 1300. The zero-order valence-corrected chi connectivity index (χ0v) is 17.6. The largest absolute Gasteiger partial charge is 0.465 e. The van der Waals surface area contributed by atoms with Crippen molar-refractivity contribution in [2.75, 3.05) is 13.2 Å². The molecule has 0 saturated heterocycles. The second-order valence-electron chi connectivity index (χ2n) is 7.88. The molecule has 0 N–H and O–H groups in total. The molecule has 1 unspecified atom stereocenters. The van der Waals surface area contributed by atoms with Gasteiger partial charge in [0, 0.05) is 36.5 Å². The number of hydrogen-bond donors (Lipinski definition) is 0. The molecule has 1 atom stereocenters. The fourth-order valence-corrected chi connectivity index (χ4v) is 4.27. The average Bonchev–Trinajstić information content (AvgIpc) is 2.83. The van der Waals surface area contributed by atoms with Gasteiger partial charge in [0.2, 0.25) is 0 Å². The van der Waals surface area contributed by atoms with E-state index < -0.39 is 11.9 Å². The number of carbonyl (C=O) groups excluding carboxylic acids is 3. The number of amides is 1. The van der Waals surface area contributed by atoms with Crippen LogP contribution in [-0.4, -0.2) is 46.9 Å². The number of nitrogens with zero attached hydrogens (tertiary/aromatic N) is 3. The summed E-state index contributed by atoms with van der Waals surface area (Å²) in [5.74, 6) is -2.08. The van der Waals surface area contributed by atoms with Crippen LogP contribution < -0.4 is 0 Å². The molecule has 160 valence electrons. The highest BCUT2D eigenvalue weighted by atomic mass is 16.5. The molecule has 1 amide bonds. The molecule has 2 aliphatic rings. The fourth-order valence-electron chi connectivity index (χ4n) is 4.27. The highest BCUT2D eigenvalue weighted by Gasteiger charge is 2.33. The van der Waals surface area contributed by atoms with Crippen LogP contribution in [0.3, 0.4) is 0 Å². The van der Waals surface area contributed by atoms with Gasteiger partial charge in [-0.25, -0.2) is 0 Å². The molecule has 3 aromatic rings. The van der Waals surface area contributed by atoms with Crippen LogP contribution in [0.25, 0.3) is 10.9 Å². The number of Topliss-reactive ketones (excluding diaryl/α,β-unsaturated/α-hetero) is 1. The van der Waals surface area contributed by atoms with Crippen molar-refractivity contribution in [2.24, 2.45) is 10.9 Å². The summed E-state index contributed by atoms with van der Waals surface area (Å²) in [6, 6.07) is 13.3. The number of hydrogen-bond acceptors (Lipinski definition) is 6. The lowest BCUT2D eigenvalue weighted by atomic mass is 9.93. The Morgan fingerprint density at radius 2 is 1.97 bits per heavy atom. The average molecular weight is 427 g/mol. The number of carbonyl (C=O) groups is 3. The molecule has 32 heavy (non-hydrogen) atoms. The number of ketones is 1. The molecule has 0 spiro atoms. The summed E-state index contributed by atoms with van der Waals surface area (Å²) in [7, 11) is 0. The summed E-state index contributed by atoms with van der Waals surface area (Å²) in [5.41, 5.74) is 4.21. The van der Waals surface area contributed by atoms with Gasteiger partial charge in [0.15, 0.2) is 11.7 Å². The number of ether oxygens (including phenoxy) is 1. The lowest BCUT2D eigenvalue weighted by molar-refractivity contribution is -0.144. The first-order valence-corrected chi connectivity index (χ1v) is 10.6. The molecule has 1 aromatic heterocycles. The Balaban J connectivity index is 1.44. The highest BCUT2D eigenvalue weighted by molar-refractivity contribution is 6.24. The number of aromatic nitrogens is 1. The molecule has 0 aliphatic carbocycles. The van der Waals surface area contributed by atoms with Gasteiger partial charge in [-0.2, -0.15) is 0 Å². The smallest absolute Gasteiger partial charge is 0.322 e. The van der Waals surface area contributed by atoms with E-state index in [0.717, 1.165) is 6.42 Å². The predicted molar refractivity (Wildman–Crippen MR) is 119 cm³/mol. The molecule has 0 saturated carbocycles. The normalized spacial score (nSPS) is 17.1. The zero-order chi connectivity index (χ0) is 22.2. The molecular formula is C25H21N3O4. The molecule has 7 heteroatoms. The molecule has 0 bridgehead atoms. The molecular weight excluding hydrogens is 406 g/mol. The minimum Gasteiger partial charge on any atom is -0.465 e. The van der Waals surface area contributed by atoms with Crippen LogP contribution in [-0.2, 0) is 22.5 Å². The molecule has 7 nitrogen and oxygen atoms in total. The lowest BCUT2D eigenvalue weighted by Gasteiger charge is -2.29. The Morgan fingerprint density at radius 1 is 1.16 bits per heavy atom. The van der Waals surface area contributed by atoms with E-state index in [2.05, 4.69) is 22.1 Å². The van der Waals surface area contributed by atoms with Gasteiger partial charge in [0.05, 0.1) is 23.4 Å². The van der Waals surface area contributed by atoms with E-state index in [4.69, 9.17) is 4.74 Å². The van der Waals surface area contributed by atoms with Crippen LogP contribution in [0.2, 0.25) is 0 Å². The van der Waals surface area contributed by atoms with Gasteiger partial charge in [0.1, 0.15) is 0 Å². The second-order valence-corrected chi connectivity index (χ2v) is 7.88. The third kappa shape index (κ3) is 3.36. The first kappa shape index (κ1) is 20.1. The topological polar surface area (TPSA) is 88.9 Å². The predicted octanol–water partition coefficient (Wildman–Crippen LogP) is 3.51. The van der Waals surface area contributed by atoms with Crippen molar-refractivity contribution in [3.63, 3.8) is 0 Å². The van der Waals surface area contributed by atoms with Crippen LogP contribution in [0.5, 0.6) is 0 Å². The van der Waals surface area contributed by atoms with Gasteiger partial charge in [-0.1, -0.05) is 30.3 Å². The molecule has 3 heterocycles. The van der Waals surface area contributed by atoms with Crippen molar-refractivity contribution in [1.82, 2.24) is 9.88 Å². The Kier molecular flexibility index (Phi) is 5.01. The van der Waals surface area contributed by atoms with Gasteiger partial charge < -0.3 is 9.64 Å². The van der Waals surface area contributed by atoms with Crippen LogP contribution in [0.4, 0.5) is 5.69 Å². The van der Waals surface area contributed by atoms with Gasteiger partial charge in [0.25, 0.3) is 5.91 Å². The third-order valence-electron chi connectivity index (χ3n) is 5.93. The van der Waals surface area contributed by atoms with E-state index in [1.165, 1.54) is 23.5 Å². The number of aliphatic imine (C=N–C) groups is 1. The van der Waals surface area contributed by atoms with Crippen molar-refractivity contribution < 1.29 is 19.1 Å². The quantitative estimate of drug-likeness (QED) is 0.471. The molecule has 2 aliphatic heterocycles. The molecule has 2 aromatic carbocycles. The molecule has 0 radical (unpaired) electrons. The van der Waals surface area contributed by atoms with Crippen molar-refractivity contribution >= 4 is 40.5 Å². The van der Waals surface area contributed by atoms with E-state index in [1.807, 2.05) is 17.0 Å². The summed E-state index contributed by atoms with van der Waals surface area (Å²) >= 11 is 0. The number of fused-ring (bicyclic) bond motifs is 4. The lowest BCUT2D eigenvalue weighted by Crippen LogP contribution is -2.36. The van der Waals surface area contributed by atoms with Crippen molar-refractivity contribution in [1.29, 1.82) is 0 Å². The van der Waals surface area contributed by atoms with Crippen LogP contribution in [0.15, 0.2) is 53.7 Å². The van der Waals surface area contributed by atoms with Gasteiger partial charge in [-0.15, -0.1) is 0 Å². The highest BCUT2D eigenvalue weighted by Crippen LogP contribution is 2.34. The second kappa shape index (κ2) is 8.00. The summed E-state index contributed by atoms with van der Waals surface area (Å²) in [6.07, 6.45) is 3.67. The Morgan fingerprint density at radius 3 is 2.78 bits per heavy atom. The van der Waals surface area contributed by atoms with E-state index in [0.29, 0.717) is 40.8 Å². The maximum atomic E-state index is 13.1. The zero-order valence-electron chi connectivity index (χ0n) is 17.6. The summed E-state index contributed by atoms with van der Waals surface area (Å²) in [4.78, 5) is 48.6. The first-order chi connectivity index (χ1) is 15.6. The number of benzene rings is 2. The number of rotatable bonds is 3. The summed E-state index contributed by atoms with van der Waals surface area (Å²) < 4.78 is 4.97. The van der Waals surface area contributed by atoms with Crippen LogP contribution in [0.1, 0.15) is 38.8 Å². The van der Waals surface area contributed by atoms with Gasteiger partial charge >= 0.3 is 5.97 Å². The van der Waals surface area contributed by atoms with Crippen molar-refractivity contribution in [3.05, 3.63) is 70.9 Å².